The molecule has 1 atom stereocenters. The monoisotopic (exact) mass is 264 g/mol. The van der Waals surface area contributed by atoms with E-state index in [1.807, 2.05) is 30.3 Å². The molecule has 4 nitrogen and oxygen atoms in total. The topological polar surface area (TPSA) is 52.6 Å². The second kappa shape index (κ2) is 8.29. The number of carbonyl (C=O) groups is 2. The Bertz CT molecular complexity index is 400. The number of hydrogen-bond acceptors (Lipinski definition) is 4. The maximum Gasteiger partial charge on any atom is 0.302 e. The average molecular weight is 264 g/mol. The molecule has 0 aromatic heterocycles. The summed E-state index contributed by atoms with van der Waals surface area (Å²) in [6, 6.07) is 9.90. The Morgan fingerprint density at radius 1 is 1.05 bits per heavy atom. The van der Waals surface area contributed by atoms with Crippen LogP contribution >= 0.6 is 0 Å². The lowest BCUT2D eigenvalue weighted by atomic mass is 9.95. The molecular formula is C15H20O4. The quantitative estimate of drug-likeness (QED) is 0.561. The Labute approximate surface area is 113 Å². The Balaban J connectivity index is 2.50. The second-order valence-electron chi connectivity index (χ2n) is 4.39. The van der Waals surface area contributed by atoms with Gasteiger partial charge in [0.05, 0.1) is 13.2 Å². The molecule has 0 aliphatic rings. The molecule has 0 aliphatic heterocycles. The highest BCUT2D eigenvalue weighted by molar-refractivity contribution is 5.66. The molecule has 0 radical (unpaired) electrons. The van der Waals surface area contributed by atoms with E-state index in [-0.39, 0.29) is 17.9 Å². The maximum atomic E-state index is 10.9. The third-order valence-electron chi connectivity index (χ3n) is 2.76. The van der Waals surface area contributed by atoms with Gasteiger partial charge in [0.1, 0.15) is 0 Å². The summed E-state index contributed by atoms with van der Waals surface area (Å²) in [5.74, 6) is -0.405. The lowest BCUT2D eigenvalue weighted by Crippen LogP contribution is -2.12. The molecule has 0 bridgehead atoms. The van der Waals surface area contributed by atoms with Crippen molar-refractivity contribution in [1.82, 2.24) is 0 Å². The molecule has 0 N–H and O–H groups in total. The fraction of sp³-hybridized carbons (Fsp3) is 0.467. The minimum Gasteiger partial charge on any atom is -0.466 e. The van der Waals surface area contributed by atoms with Gasteiger partial charge in [-0.15, -0.1) is 0 Å². The predicted molar refractivity (Wildman–Crippen MR) is 71.7 cm³/mol. The number of hydrogen-bond donors (Lipinski definition) is 0. The highest BCUT2D eigenvalue weighted by atomic mass is 16.5. The molecule has 1 rings (SSSR count). The second-order valence-corrected chi connectivity index (χ2v) is 4.39. The molecule has 0 amide bonds. The summed E-state index contributed by atoms with van der Waals surface area (Å²) in [5, 5.41) is 0. The van der Waals surface area contributed by atoms with Gasteiger partial charge in [0.2, 0.25) is 0 Å². The number of benzene rings is 1. The molecule has 0 fully saturated rings. The van der Waals surface area contributed by atoms with Crippen LogP contribution in [0.5, 0.6) is 0 Å². The van der Waals surface area contributed by atoms with Gasteiger partial charge >= 0.3 is 11.9 Å². The van der Waals surface area contributed by atoms with Crippen molar-refractivity contribution >= 4 is 11.9 Å². The van der Waals surface area contributed by atoms with E-state index in [4.69, 9.17) is 9.47 Å². The first-order chi connectivity index (χ1) is 9.09. The van der Waals surface area contributed by atoms with E-state index in [1.54, 1.807) is 0 Å². The summed E-state index contributed by atoms with van der Waals surface area (Å²) < 4.78 is 10.00. The molecule has 1 aromatic carbocycles. The summed E-state index contributed by atoms with van der Waals surface area (Å²) in [4.78, 5) is 21.6. The van der Waals surface area contributed by atoms with Crippen molar-refractivity contribution in [3.05, 3.63) is 35.9 Å². The third-order valence-corrected chi connectivity index (χ3v) is 2.76. The summed E-state index contributed by atoms with van der Waals surface area (Å²) in [6.07, 6.45) is 1.56. The van der Waals surface area contributed by atoms with E-state index in [0.717, 1.165) is 18.4 Å². The van der Waals surface area contributed by atoms with Crippen molar-refractivity contribution in [2.24, 2.45) is 0 Å². The first-order valence-corrected chi connectivity index (χ1v) is 6.41. The van der Waals surface area contributed by atoms with Crippen LogP contribution in [0.25, 0.3) is 0 Å². The largest absolute Gasteiger partial charge is 0.466 e. The minimum atomic E-state index is -0.277. The van der Waals surface area contributed by atoms with Gasteiger partial charge in [-0.2, -0.15) is 0 Å². The first-order valence-electron chi connectivity index (χ1n) is 6.41. The van der Waals surface area contributed by atoms with Gasteiger partial charge in [-0.3, -0.25) is 9.59 Å². The van der Waals surface area contributed by atoms with Crippen LogP contribution in [-0.4, -0.2) is 25.2 Å². The first kappa shape index (κ1) is 15.2. The molecule has 1 aromatic rings. The van der Waals surface area contributed by atoms with Gasteiger partial charge in [-0.1, -0.05) is 30.3 Å². The van der Waals surface area contributed by atoms with Crippen molar-refractivity contribution < 1.29 is 19.1 Å². The SMILES string of the molecule is CC(=O)OCCC[C@@H](COC(C)=O)c1ccccc1. The van der Waals surface area contributed by atoms with Crippen LogP contribution in [0.3, 0.4) is 0 Å². The molecule has 4 heteroatoms. The standard InChI is InChI=1S/C15H20O4/c1-12(16)18-10-6-9-15(11-19-13(2)17)14-7-4-3-5-8-14/h3-5,7-8,15H,6,9-11H2,1-2H3/t15-/m0/s1. The summed E-state index contributed by atoms with van der Waals surface area (Å²) in [7, 11) is 0. The highest BCUT2D eigenvalue weighted by Gasteiger charge is 2.13. The minimum absolute atomic E-state index is 0.139. The van der Waals surface area contributed by atoms with Crippen LogP contribution in [0.4, 0.5) is 0 Å². The van der Waals surface area contributed by atoms with Crippen molar-refractivity contribution in [3.8, 4) is 0 Å². The van der Waals surface area contributed by atoms with Gasteiger partial charge in [0.25, 0.3) is 0 Å². The van der Waals surface area contributed by atoms with Gasteiger partial charge in [-0.25, -0.2) is 0 Å². The van der Waals surface area contributed by atoms with Crippen LogP contribution in [0, 0.1) is 0 Å². The molecule has 0 saturated heterocycles. The highest BCUT2D eigenvalue weighted by Crippen LogP contribution is 2.21. The smallest absolute Gasteiger partial charge is 0.302 e. The predicted octanol–water partition coefficient (Wildman–Crippen LogP) is 2.68. The van der Waals surface area contributed by atoms with Crippen LogP contribution < -0.4 is 0 Å². The number of rotatable bonds is 7. The molecular weight excluding hydrogens is 244 g/mol. The van der Waals surface area contributed by atoms with E-state index in [0.29, 0.717) is 13.2 Å². The Hall–Kier alpha value is -1.84. The van der Waals surface area contributed by atoms with Gasteiger partial charge in [-0.05, 0) is 18.4 Å². The average Bonchev–Trinajstić information content (AvgIpc) is 2.38. The van der Waals surface area contributed by atoms with Crippen molar-refractivity contribution in [2.45, 2.75) is 32.6 Å². The van der Waals surface area contributed by atoms with Gasteiger partial charge in [0.15, 0.2) is 0 Å². The Kier molecular flexibility index (Phi) is 6.64. The number of ether oxygens (including phenoxy) is 2. The van der Waals surface area contributed by atoms with E-state index in [9.17, 15) is 9.59 Å². The lowest BCUT2D eigenvalue weighted by molar-refractivity contribution is -0.141. The molecule has 0 spiro atoms. The molecule has 0 heterocycles. The molecule has 104 valence electrons. The molecule has 0 saturated carbocycles. The summed E-state index contributed by atoms with van der Waals surface area (Å²) in [5.41, 5.74) is 1.13. The van der Waals surface area contributed by atoms with Crippen LogP contribution in [-0.2, 0) is 19.1 Å². The zero-order chi connectivity index (χ0) is 14.1. The summed E-state index contributed by atoms with van der Waals surface area (Å²) >= 11 is 0. The fourth-order valence-corrected chi connectivity index (χ4v) is 1.84. The normalized spacial score (nSPS) is 11.7. The van der Waals surface area contributed by atoms with E-state index < -0.39 is 0 Å². The zero-order valence-corrected chi connectivity index (χ0v) is 11.4. The number of esters is 2. The van der Waals surface area contributed by atoms with E-state index in [2.05, 4.69) is 0 Å². The van der Waals surface area contributed by atoms with Gasteiger partial charge in [0, 0.05) is 19.8 Å². The van der Waals surface area contributed by atoms with Crippen molar-refractivity contribution in [3.63, 3.8) is 0 Å². The molecule has 19 heavy (non-hydrogen) atoms. The van der Waals surface area contributed by atoms with E-state index >= 15 is 0 Å². The maximum absolute atomic E-state index is 10.9. The van der Waals surface area contributed by atoms with Crippen molar-refractivity contribution in [1.29, 1.82) is 0 Å². The van der Waals surface area contributed by atoms with Gasteiger partial charge < -0.3 is 9.47 Å². The van der Waals surface area contributed by atoms with Crippen LogP contribution in [0.2, 0.25) is 0 Å². The molecule has 0 aliphatic carbocycles. The Morgan fingerprint density at radius 3 is 2.26 bits per heavy atom. The lowest BCUT2D eigenvalue weighted by Gasteiger charge is -2.17. The summed E-state index contributed by atoms with van der Waals surface area (Å²) in [6.45, 7) is 3.56. The number of carbonyl (C=O) groups excluding carboxylic acids is 2. The fourth-order valence-electron chi connectivity index (χ4n) is 1.84. The Morgan fingerprint density at radius 2 is 1.68 bits per heavy atom. The van der Waals surface area contributed by atoms with Crippen LogP contribution in [0.1, 0.15) is 38.2 Å². The van der Waals surface area contributed by atoms with Crippen LogP contribution in [0.15, 0.2) is 30.3 Å². The zero-order valence-electron chi connectivity index (χ0n) is 11.4. The van der Waals surface area contributed by atoms with E-state index in [1.165, 1.54) is 13.8 Å². The molecule has 0 unspecified atom stereocenters. The van der Waals surface area contributed by atoms with Crippen molar-refractivity contribution in [2.75, 3.05) is 13.2 Å². The third kappa shape index (κ3) is 6.60.